The Morgan fingerprint density at radius 3 is 2.55 bits per heavy atom. The maximum Gasteiger partial charge on any atom is 0.251 e. The lowest BCUT2D eigenvalue weighted by molar-refractivity contribution is -0.425. The predicted molar refractivity (Wildman–Crippen MR) is 84.3 cm³/mol. The van der Waals surface area contributed by atoms with Crippen molar-refractivity contribution in [3.05, 3.63) is 85.0 Å². The highest BCUT2D eigenvalue weighted by molar-refractivity contribution is 9.10. The van der Waals surface area contributed by atoms with E-state index in [1.54, 1.807) is 24.3 Å². The van der Waals surface area contributed by atoms with Crippen LogP contribution in [0.2, 0.25) is 5.02 Å². The topological polar surface area (TPSA) is 43.1 Å². The first-order chi connectivity index (χ1) is 9.56. The molecular formula is C15H11BrClNO2. The van der Waals surface area contributed by atoms with Gasteiger partial charge in [0.15, 0.2) is 0 Å². The second-order valence-electron chi connectivity index (χ2n) is 4.23. The zero-order chi connectivity index (χ0) is 14.5. The van der Waals surface area contributed by atoms with E-state index in [9.17, 15) is 10.1 Å². The van der Waals surface area contributed by atoms with E-state index >= 15 is 0 Å². The number of hydrogen-bond donors (Lipinski definition) is 0. The number of rotatable bonds is 4. The maximum absolute atomic E-state index is 11.2. The van der Waals surface area contributed by atoms with Gasteiger partial charge in [-0.2, -0.15) is 0 Å². The van der Waals surface area contributed by atoms with Crippen LogP contribution in [0.5, 0.6) is 0 Å². The average Bonchev–Trinajstić information content (AvgIpc) is 2.43. The Morgan fingerprint density at radius 1 is 1.25 bits per heavy atom. The fourth-order valence-corrected chi connectivity index (χ4v) is 2.20. The van der Waals surface area contributed by atoms with Crippen molar-refractivity contribution < 1.29 is 4.92 Å². The van der Waals surface area contributed by atoms with Gasteiger partial charge < -0.3 is 0 Å². The third-order valence-electron chi connectivity index (χ3n) is 2.74. The Bertz CT molecular complexity index is 656. The predicted octanol–water partition coefficient (Wildman–Crippen LogP) is 4.96. The monoisotopic (exact) mass is 351 g/mol. The van der Waals surface area contributed by atoms with Crippen LogP contribution < -0.4 is 0 Å². The molecular weight excluding hydrogens is 342 g/mol. The minimum absolute atomic E-state index is 0.134. The molecule has 0 radical (unpaired) electrons. The van der Waals surface area contributed by atoms with Crippen molar-refractivity contribution in [3.63, 3.8) is 0 Å². The van der Waals surface area contributed by atoms with Crippen LogP contribution in [0.15, 0.2) is 58.7 Å². The molecule has 20 heavy (non-hydrogen) atoms. The van der Waals surface area contributed by atoms with Crippen LogP contribution in [0, 0.1) is 10.1 Å². The molecule has 0 unspecified atom stereocenters. The van der Waals surface area contributed by atoms with Crippen molar-refractivity contribution in [2.75, 3.05) is 0 Å². The first kappa shape index (κ1) is 14.8. The summed E-state index contributed by atoms with van der Waals surface area (Å²) in [6, 6.07) is 14.6. The molecule has 0 fully saturated rings. The van der Waals surface area contributed by atoms with Crippen molar-refractivity contribution in [1.82, 2.24) is 0 Å². The van der Waals surface area contributed by atoms with Crippen LogP contribution in [0.3, 0.4) is 0 Å². The SMILES string of the molecule is O=[N+]([O-])/C(=C/c1ccc(Br)c(Cl)c1)Cc1ccccc1. The summed E-state index contributed by atoms with van der Waals surface area (Å²) in [4.78, 5) is 10.8. The summed E-state index contributed by atoms with van der Waals surface area (Å²) < 4.78 is 0.766. The van der Waals surface area contributed by atoms with E-state index in [4.69, 9.17) is 11.6 Å². The fourth-order valence-electron chi connectivity index (χ4n) is 1.77. The third-order valence-corrected chi connectivity index (χ3v) is 3.97. The lowest BCUT2D eigenvalue weighted by atomic mass is 10.1. The lowest BCUT2D eigenvalue weighted by Gasteiger charge is -2.01. The molecule has 0 aliphatic carbocycles. The van der Waals surface area contributed by atoms with E-state index < -0.39 is 0 Å². The van der Waals surface area contributed by atoms with Gasteiger partial charge in [0, 0.05) is 10.5 Å². The Morgan fingerprint density at radius 2 is 1.95 bits per heavy atom. The highest BCUT2D eigenvalue weighted by Gasteiger charge is 2.12. The second kappa shape index (κ2) is 6.68. The Labute approximate surface area is 130 Å². The number of hydrogen-bond acceptors (Lipinski definition) is 2. The Kier molecular flexibility index (Phi) is 4.93. The van der Waals surface area contributed by atoms with Crippen molar-refractivity contribution in [2.24, 2.45) is 0 Å². The number of benzene rings is 2. The summed E-state index contributed by atoms with van der Waals surface area (Å²) in [6.07, 6.45) is 1.83. The van der Waals surface area contributed by atoms with E-state index in [0.29, 0.717) is 10.6 Å². The first-order valence-electron chi connectivity index (χ1n) is 5.90. The molecule has 2 aromatic carbocycles. The molecule has 2 rings (SSSR count). The number of allylic oxidation sites excluding steroid dienone is 1. The minimum Gasteiger partial charge on any atom is -0.259 e. The van der Waals surface area contributed by atoms with Crippen LogP contribution in [0.25, 0.3) is 6.08 Å². The molecule has 0 amide bonds. The molecule has 0 aliphatic rings. The number of nitrogens with zero attached hydrogens (tertiary/aromatic N) is 1. The van der Waals surface area contributed by atoms with E-state index in [1.165, 1.54) is 0 Å². The summed E-state index contributed by atoms with van der Waals surface area (Å²) in [5, 5.41) is 11.7. The molecule has 0 spiro atoms. The molecule has 3 nitrogen and oxygen atoms in total. The van der Waals surface area contributed by atoms with Crippen molar-refractivity contribution in [3.8, 4) is 0 Å². The van der Waals surface area contributed by atoms with Crippen LogP contribution in [-0.4, -0.2) is 4.92 Å². The van der Waals surface area contributed by atoms with Gasteiger partial charge in [-0.15, -0.1) is 0 Å². The Balaban J connectivity index is 2.30. The molecule has 102 valence electrons. The van der Waals surface area contributed by atoms with Crippen LogP contribution >= 0.6 is 27.5 Å². The smallest absolute Gasteiger partial charge is 0.251 e. The van der Waals surface area contributed by atoms with Crippen molar-refractivity contribution >= 4 is 33.6 Å². The summed E-state index contributed by atoms with van der Waals surface area (Å²) in [7, 11) is 0. The molecule has 5 heteroatoms. The molecule has 0 atom stereocenters. The quantitative estimate of drug-likeness (QED) is 0.576. The van der Waals surface area contributed by atoms with Gasteiger partial charge in [-0.1, -0.05) is 48.0 Å². The molecule has 0 N–H and O–H groups in total. The van der Waals surface area contributed by atoms with Gasteiger partial charge >= 0.3 is 0 Å². The average molecular weight is 353 g/mol. The number of halogens is 2. The van der Waals surface area contributed by atoms with Gasteiger partial charge in [0.25, 0.3) is 5.70 Å². The normalized spacial score (nSPS) is 11.4. The van der Waals surface area contributed by atoms with Gasteiger partial charge in [-0.25, -0.2) is 0 Å². The summed E-state index contributed by atoms with van der Waals surface area (Å²) in [5.74, 6) is 0. The van der Waals surface area contributed by atoms with E-state index in [1.807, 2.05) is 30.3 Å². The lowest BCUT2D eigenvalue weighted by Crippen LogP contribution is -2.02. The molecule has 0 saturated carbocycles. The molecule has 0 aliphatic heterocycles. The van der Waals surface area contributed by atoms with E-state index in [-0.39, 0.29) is 17.0 Å². The van der Waals surface area contributed by atoms with Crippen LogP contribution in [0.4, 0.5) is 0 Å². The highest BCUT2D eigenvalue weighted by atomic mass is 79.9. The largest absolute Gasteiger partial charge is 0.259 e. The van der Waals surface area contributed by atoms with Crippen molar-refractivity contribution in [1.29, 1.82) is 0 Å². The van der Waals surface area contributed by atoms with Crippen LogP contribution in [0.1, 0.15) is 11.1 Å². The standard InChI is InChI=1S/C15H11BrClNO2/c16-14-7-6-12(10-15(14)17)9-13(18(19)20)8-11-4-2-1-3-5-11/h1-7,9-10H,8H2/b13-9+. The zero-order valence-electron chi connectivity index (χ0n) is 10.4. The van der Waals surface area contributed by atoms with Gasteiger partial charge in [0.1, 0.15) is 0 Å². The van der Waals surface area contributed by atoms with Gasteiger partial charge in [0.2, 0.25) is 0 Å². The van der Waals surface area contributed by atoms with E-state index in [0.717, 1.165) is 10.0 Å². The van der Waals surface area contributed by atoms with Crippen molar-refractivity contribution in [2.45, 2.75) is 6.42 Å². The van der Waals surface area contributed by atoms with Gasteiger partial charge in [-0.05, 0) is 39.2 Å². The zero-order valence-corrected chi connectivity index (χ0v) is 12.8. The van der Waals surface area contributed by atoms with Crippen LogP contribution in [-0.2, 0) is 6.42 Å². The fraction of sp³-hybridized carbons (Fsp3) is 0.0667. The molecule has 0 bridgehead atoms. The Hall–Kier alpha value is -1.65. The summed E-state index contributed by atoms with van der Waals surface area (Å²) in [6.45, 7) is 0. The summed E-state index contributed by atoms with van der Waals surface area (Å²) >= 11 is 9.28. The molecule has 0 heterocycles. The number of nitro groups is 1. The minimum atomic E-state index is -0.358. The first-order valence-corrected chi connectivity index (χ1v) is 7.07. The summed E-state index contributed by atoms with van der Waals surface area (Å²) in [5.41, 5.74) is 1.74. The maximum atomic E-state index is 11.2. The van der Waals surface area contributed by atoms with Gasteiger partial charge in [-0.3, -0.25) is 10.1 Å². The third kappa shape index (κ3) is 3.92. The molecule has 0 saturated heterocycles. The van der Waals surface area contributed by atoms with Gasteiger partial charge in [0.05, 0.1) is 16.4 Å². The molecule has 0 aromatic heterocycles. The van der Waals surface area contributed by atoms with E-state index in [2.05, 4.69) is 15.9 Å². The second-order valence-corrected chi connectivity index (χ2v) is 5.49. The highest BCUT2D eigenvalue weighted by Crippen LogP contribution is 2.24. The molecule has 2 aromatic rings.